The molecular weight excluding hydrogens is 264 g/mol. The number of rotatable bonds is 2. The van der Waals surface area contributed by atoms with E-state index in [-0.39, 0.29) is 0 Å². The van der Waals surface area contributed by atoms with Crippen LogP contribution in [-0.4, -0.2) is 19.7 Å². The lowest BCUT2D eigenvalue weighted by Crippen LogP contribution is -2.00. The molecule has 21 heavy (non-hydrogen) atoms. The van der Waals surface area contributed by atoms with Crippen molar-refractivity contribution in [2.75, 3.05) is 5.73 Å². The average Bonchev–Trinajstić information content (AvgIpc) is 2.90. The van der Waals surface area contributed by atoms with Crippen LogP contribution in [-0.2, 0) is 7.05 Å². The maximum absolute atomic E-state index is 9.34. The van der Waals surface area contributed by atoms with Crippen molar-refractivity contribution in [1.82, 2.24) is 19.7 Å². The molecular formula is C15H12N6. The summed E-state index contributed by atoms with van der Waals surface area (Å²) in [7, 11) is 1.81. The van der Waals surface area contributed by atoms with E-state index < -0.39 is 0 Å². The summed E-state index contributed by atoms with van der Waals surface area (Å²) in [6.07, 6.45) is 5.17. The van der Waals surface area contributed by atoms with Gasteiger partial charge >= 0.3 is 0 Å². The molecule has 0 saturated carbocycles. The maximum Gasteiger partial charge on any atom is 0.172 e. The van der Waals surface area contributed by atoms with Gasteiger partial charge in [-0.3, -0.25) is 4.68 Å². The number of aromatic nitrogens is 4. The largest absolute Gasteiger partial charge is 0.383 e. The quantitative estimate of drug-likeness (QED) is 0.722. The molecule has 0 fully saturated rings. The smallest absolute Gasteiger partial charge is 0.172 e. The van der Waals surface area contributed by atoms with Gasteiger partial charge in [-0.15, -0.1) is 0 Å². The first-order valence-electron chi connectivity index (χ1n) is 6.30. The number of hydrogen-bond donors (Lipinski definition) is 1. The Hall–Kier alpha value is -3.20. The van der Waals surface area contributed by atoms with Gasteiger partial charge in [0.05, 0.1) is 17.3 Å². The Balaban J connectivity index is 2.14. The first kappa shape index (κ1) is 12.8. The van der Waals surface area contributed by atoms with Gasteiger partial charge in [0.25, 0.3) is 0 Å². The lowest BCUT2D eigenvalue weighted by atomic mass is 10.1. The lowest BCUT2D eigenvalue weighted by Gasteiger charge is -2.04. The van der Waals surface area contributed by atoms with Crippen molar-refractivity contribution in [2.24, 2.45) is 7.05 Å². The van der Waals surface area contributed by atoms with E-state index in [0.29, 0.717) is 22.7 Å². The standard InChI is InChI=1S/C15H12N6/c1-21-9-10(8-18-21)6-11(7-16)15-19-13-5-3-2-4-12(13)14(17)20-15/h2-6,8-9H,1H3,(H2,17,19,20)/b11-6+. The zero-order valence-corrected chi connectivity index (χ0v) is 11.4. The van der Waals surface area contributed by atoms with Crippen LogP contribution in [0.2, 0.25) is 0 Å². The van der Waals surface area contributed by atoms with Gasteiger partial charge in [-0.2, -0.15) is 10.4 Å². The molecule has 0 aliphatic carbocycles. The molecule has 0 aliphatic rings. The van der Waals surface area contributed by atoms with Gasteiger partial charge < -0.3 is 5.73 Å². The van der Waals surface area contributed by atoms with Gasteiger partial charge in [-0.25, -0.2) is 9.97 Å². The summed E-state index contributed by atoms with van der Waals surface area (Å²) in [6, 6.07) is 9.55. The molecule has 0 spiro atoms. The molecule has 0 atom stereocenters. The van der Waals surface area contributed by atoms with Crippen LogP contribution in [0.1, 0.15) is 11.4 Å². The molecule has 6 heteroatoms. The van der Waals surface area contributed by atoms with Crippen molar-refractivity contribution in [3.8, 4) is 6.07 Å². The van der Waals surface area contributed by atoms with Gasteiger partial charge in [-0.1, -0.05) is 12.1 Å². The van der Waals surface area contributed by atoms with E-state index in [1.165, 1.54) is 0 Å². The van der Waals surface area contributed by atoms with E-state index >= 15 is 0 Å². The molecule has 6 nitrogen and oxygen atoms in total. The lowest BCUT2D eigenvalue weighted by molar-refractivity contribution is 0.767. The SMILES string of the molecule is Cn1cc(/C=C(\C#N)c2nc(N)c3ccccc3n2)cn1. The summed E-state index contributed by atoms with van der Waals surface area (Å²) >= 11 is 0. The Bertz CT molecular complexity index is 885. The van der Waals surface area contributed by atoms with Crippen molar-refractivity contribution in [3.05, 3.63) is 48.0 Å². The first-order chi connectivity index (χ1) is 10.2. The molecule has 2 N–H and O–H groups in total. The molecule has 0 aliphatic heterocycles. The predicted molar refractivity (Wildman–Crippen MR) is 80.6 cm³/mol. The molecule has 3 aromatic rings. The monoisotopic (exact) mass is 276 g/mol. The molecule has 0 amide bonds. The Kier molecular flexibility index (Phi) is 3.09. The molecule has 1 aromatic carbocycles. The molecule has 2 aromatic heterocycles. The number of nitrogen functional groups attached to an aromatic ring is 1. The highest BCUT2D eigenvalue weighted by Gasteiger charge is 2.09. The van der Waals surface area contributed by atoms with Crippen LogP contribution >= 0.6 is 0 Å². The zero-order chi connectivity index (χ0) is 14.8. The minimum absolute atomic E-state index is 0.317. The fraction of sp³-hybridized carbons (Fsp3) is 0.0667. The number of nitriles is 1. The van der Waals surface area contributed by atoms with Gasteiger partial charge in [0.1, 0.15) is 11.9 Å². The van der Waals surface area contributed by atoms with Gasteiger partial charge in [0.2, 0.25) is 0 Å². The van der Waals surface area contributed by atoms with Gasteiger partial charge in [-0.05, 0) is 18.2 Å². The normalized spacial score (nSPS) is 11.5. The van der Waals surface area contributed by atoms with E-state index in [1.807, 2.05) is 37.5 Å². The number of nitrogens with two attached hydrogens (primary N) is 1. The van der Waals surface area contributed by atoms with Crippen LogP contribution in [0.3, 0.4) is 0 Å². The average molecular weight is 276 g/mol. The summed E-state index contributed by atoms with van der Waals surface area (Å²) in [5.74, 6) is 0.681. The second kappa shape index (κ2) is 5.06. The number of para-hydroxylation sites is 1. The van der Waals surface area contributed by atoms with Gasteiger partial charge in [0.15, 0.2) is 5.82 Å². The van der Waals surface area contributed by atoms with Crippen LogP contribution in [0.4, 0.5) is 5.82 Å². The Morgan fingerprint density at radius 3 is 2.86 bits per heavy atom. The molecule has 0 saturated heterocycles. The summed E-state index contributed by atoms with van der Waals surface area (Å²) < 4.78 is 1.66. The van der Waals surface area contributed by atoms with E-state index in [4.69, 9.17) is 5.73 Å². The van der Waals surface area contributed by atoms with Crippen LogP contribution < -0.4 is 5.73 Å². The third-order valence-electron chi connectivity index (χ3n) is 3.03. The number of allylic oxidation sites excluding steroid dienone is 1. The summed E-state index contributed by atoms with van der Waals surface area (Å²) in [5.41, 5.74) is 7.82. The summed E-state index contributed by atoms with van der Waals surface area (Å²) in [5, 5.41) is 14.2. The fourth-order valence-corrected chi connectivity index (χ4v) is 2.05. The number of aryl methyl sites for hydroxylation is 1. The van der Waals surface area contributed by atoms with Crippen molar-refractivity contribution in [3.63, 3.8) is 0 Å². The molecule has 0 unspecified atom stereocenters. The summed E-state index contributed by atoms with van der Waals surface area (Å²) in [4.78, 5) is 8.63. The van der Waals surface area contributed by atoms with Crippen molar-refractivity contribution < 1.29 is 0 Å². The molecule has 0 radical (unpaired) electrons. The second-order valence-electron chi connectivity index (χ2n) is 4.57. The highest BCUT2D eigenvalue weighted by atomic mass is 15.2. The number of hydrogen-bond acceptors (Lipinski definition) is 5. The van der Waals surface area contributed by atoms with Crippen molar-refractivity contribution in [2.45, 2.75) is 0 Å². The number of nitrogens with zero attached hydrogens (tertiary/aromatic N) is 5. The third kappa shape index (κ3) is 2.44. The minimum Gasteiger partial charge on any atom is -0.383 e. The van der Waals surface area contributed by atoms with E-state index in [9.17, 15) is 5.26 Å². The Labute approximate surface area is 121 Å². The first-order valence-corrected chi connectivity index (χ1v) is 6.30. The second-order valence-corrected chi connectivity index (χ2v) is 4.57. The number of benzene rings is 1. The van der Waals surface area contributed by atoms with E-state index in [1.54, 1.807) is 17.0 Å². The van der Waals surface area contributed by atoms with Crippen LogP contribution in [0.25, 0.3) is 22.6 Å². The topological polar surface area (TPSA) is 93.4 Å². The third-order valence-corrected chi connectivity index (χ3v) is 3.03. The Morgan fingerprint density at radius 2 is 2.14 bits per heavy atom. The molecule has 0 bridgehead atoms. The minimum atomic E-state index is 0.317. The van der Waals surface area contributed by atoms with Crippen LogP contribution in [0.5, 0.6) is 0 Å². The number of fused-ring (bicyclic) bond motifs is 1. The predicted octanol–water partition coefficient (Wildman–Crippen LogP) is 2.01. The van der Waals surface area contributed by atoms with Crippen molar-refractivity contribution >= 4 is 28.4 Å². The van der Waals surface area contributed by atoms with Crippen LogP contribution in [0.15, 0.2) is 36.7 Å². The highest BCUT2D eigenvalue weighted by Crippen LogP contribution is 2.21. The maximum atomic E-state index is 9.34. The molecule has 2 heterocycles. The summed E-state index contributed by atoms with van der Waals surface area (Å²) in [6.45, 7) is 0. The Morgan fingerprint density at radius 1 is 1.33 bits per heavy atom. The zero-order valence-electron chi connectivity index (χ0n) is 11.4. The van der Waals surface area contributed by atoms with Crippen molar-refractivity contribution in [1.29, 1.82) is 5.26 Å². The van der Waals surface area contributed by atoms with Crippen LogP contribution in [0, 0.1) is 11.3 Å². The van der Waals surface area contributed by atoms with E-state index in [2.05, 4.69) is 21.1 Å². The molecule has 3 rings (SSSR count). The molecule has 102 valence electrons. The van der Waals surface area contributed by atoms with E-state index in [0.717, 1.165) is 10.9 Å². The van der Waals surface area contributed by atoms with Gasteiger partial charge in [0, 0.05) is 24.2 Å². The highest BCUT2D eigenvalue weighted by molar-refractivity contribution is 5.92. The number of anilines is 1. The fourth-order valence-electron chi connectivity index (χ4n) is 2.05.